The van der Waals surface area contributed by atoms with Gasteiger partial charge in [-0.05, 0) is 172 Å². The molecule has 6 aromatic heterocycles. The summed E-state index contributed by atoms with van der Waals surface area (Å²) >= 11 is 0. The van der Waals surface area contributed by atoms with Gasteiger partial charge in [0.15, 0.2) is 23.3 Å². The van der Waals surface area contributed by atoms with Gasteiger partial charge in [-0.2, -0.15) is 0 Å². The fourth-order valence-corrected chi connectivity index (χ4v) is 21.0. The summed E-state index contributed by atoms with van der Waals surface area (Å²) in [6, 6.07) is 159. The molecule has 0 spiro atoms. The maximum atomic E-state index is 5.39. The lowest BCUT2D eigenvalue weighted by molar-refractivity contribution is 1.05. The van der Waals surface area contributed by atoms with Crippen LogP contribution in [0, 0.1) is 0 Å². The van der Waals surface area contributed by atoms with Gasteiger partial charge in [-0.1, -0.05) is 309 Å². The van der Waals surface area contributed by atoms with Gasteiger partial charge >= 0.3 is 0 Å². The molecule has 0 N–H and O–H groups in total. The zero-order valence-electron chi connectivity index (χ0n) is 71.1. The minimum Gasteiger partial charge on any atom is -0.309 e. The highest BCUT2D eigenvalue weighted by atomic mass is 15.3. The minimum atomic E-state index is 0.805. The second kappa shape index (κ2) is 29.8. The maximum absolute atomic E-state index is 5.39. The van der Waals surface area contributed by atoms with Gasteiger partial charge in [0.1, 0.15) is 11.4 Å². The van der Waals surface area contributed by atoms with E-state index in [0.29, 0.717) is 0 Å². The Bertz CT molecular complexity index is 9220. The van der Waals surface area contributed by atoms with E-state index in [0.717, 1.165) is 146 Å². The molecule has 0 unspecified atom stereocenters. The van der Waals surface area contributed by atoms with Crippen molar-refractivity contribution in [2.45, 2.75) is 0 Å². The number of nitrogens with zero attached hydrogens (tertiary/aromatic N) is 12. The van der Waals surface area contributed by atoms with Crippen LogP contribution >= 0.6 is 0 Å². The molecule has 26 aromatic rings. The summed E-state index contributed by atoms with van der Waals surface area (Å²) in [5.74, 6) is 3.25. The van der Waals surface area contributed by atoms with E-state index < -0.39 is 0 Å². The molecule has 0 bridgehead atoms. The fraction of sp³-hybridized carbons (Fsp3) is 0. The summed E-state index contributed by atoms with van der Waals surface area (Å²) in [4.78, 5) is 39.2. The summed E-state index contributed by atoms with van der Waals surface area (Å²) in [7, 11) is 0. The third-order valence-electron chi connectivity index (χ3n) is 26.7. The van der Waals surface area contributed by atoms with Crippen LogP contribution < -0.4 is 14.7 Å². The number of rotatable bonds is 8. The van der Waals surface area contributed by atoms with Crippen LogP contribution in [0.25, 0.3) is 204 Å². The third-order valence-corrected chi connectivity index (χ3v) is 26.7. The highest BCUT2D eigenvalue weighted by molar-refractivity contribution is 6.20. The van der Waals surface area contributed by atoms with Crippen LogP contribution in [-0.2, 0) is 0 Å². The summed E-state index contributed by atoms with van der Waals surface area (Å²) in [5, 5.41) is 14.5. The van der Waals surface area contributed by atoms with Crippen molar-refractivity contribution < 1.29 is 0 Å². The van der Waals surface area contributed by atoms with Crippen LogP contribution in [0.4, 0.5) is 51.6 Å². The largest absolute Gasteiger partial charge is 0.309 e. The molecule has 0 fully saturated rings. The van der Waals surface area contributed by atoms with Crippen molar-refractivity contribution >= 4 is 182 Å². The molecule has 12 heteroatoms. The lowest BCUT2D eigenvalue weighted by Crippen LogP contribution is -2.19. The molecule has 0 atom stereocenters. The Balaban J connectivity index is 0.000000102. The first-order valence-corrected chi connectivity index (χ1v) is 44.7. The van der Waals surface area contributed by atoms with Crippen molar-refractivity contribution in [3.05, 3.63) is 449 Å². The van der Waals surface area contributed by atoms with E-state index in [-0.39, 0.29) is 0 Å². The van der Waals surface area contributed by atoms with Crippen LogP contribution in [0.1, 0.15) is 0 Å². The predicted molar refractivity (Wildman–Crippen MR) is 546 cm³/mol. The molecule has 614 valence electrons. The molecule has 0 saturated heterocycles. The molecule has 0 radical (unpaired) electrons. The number of hydrogen-bond acceptors (Lipinski definition) is 9. The van der Waals surface area contributed by atoms with E-state index in [4.69, 9.17) is 29.9 Å². The maximum Gasteiger partial charge on any atom is 0.182 e. The number of hydrogen-bond donors (Lipinski definition) is 0. The SMILES string of the molecule is c1ccc(-n2c3ccccc3c3cc(-c4nc5ccccc5nc4N4c5ccccc5-c5cccc6cccc4c56)ccc32)cc1.c1ccc(-n2c3ccccc3c3ccc(-c4nc5ccccc5nc4N4c5ccccc5-c5cccc6cccc4c56)cc32)cc1.c1ccc2c(c1)-c1cccc3cccc(c13)N2c1nc2ccccc2nc1-n1c2ccccc2c2ccccc21. The van der Waals surface area contributed by atoms with E-state index in [1.165, 1.54) is 109 Å². The topological polar surface area (TPSA) is 102 Å². The normalized spacial score (nSPS) is 12.3. The van der Waals surface area contributed by atoms with Gasteiger partial charge in [-0.25, -0.2) is 29.9 Å². The lowest BCUT2D eigenvalue weighted by Gasteiger charge is -2.33. The Hall–Kier alpha value is -18.0. The van der Waals surface area contributed by atoms with Crippen molar-refractivity contribution in [3.8, 4) is 73.1 Å². The molecule has 132 heavy (non-hydrogen) atoms. The van der Waals surface area contributed by atoms with Gasteiger partial charge in [0, 0.05) is 87.7 Å². The molecule has 12 nitrogen and oxygen atoms in total. The first-order valence-electron chi connectivity index (χ1n) is 44.7. The second-order valence-electron chi connectivity index (χ2n) is 33.9. The van der Waals surface area contributed by atoms with Crippen molar-refractivity contribution in [1.29, 1.82) is 0 Å². The molecule has 29 rings (SSSR count). The standard InChI is InChI=1S/2C42H26N4.C36H22N4/c1-2-14-29(15-3-1)45-36-21-8-5-17-31(36)33-26-28(24-25-38(33)45)41-42(44-35-20-7-6-19-34(35)43-41)46-37-22-9-4-16-30(37)32-18-10-12-27-13-11-23-39(46)40(27)32;1-2-14-29(15-3-1)45-36-21-8-4-16-30(36)32-25-24-28(26-39(32)45)41-42(44-35-20-7-6-19-34(35)43-41)46-37-22-9-5-17-31(37)33-18-10-12-27-13-11-23-38(46)40(27)33;1-6-19-30-24(13-1)25-14-2-7-20-31(25)39(30)35-36(38-29-18-5-4-17-28(29)37-35)40-32-21-8-3-15-26(32)27-16-9-11-23-12-10-22-33(40)34(23)27/h2*1-26H;1-22H. The number of benzene rings is 20. The predicted octanol–water partition coefficient (Wildman–Crippen LogP) is 31.3. The molecule has 3 aliphatic rings. The molecule has 0 saturated carbocycles. The van der Waals surface area contributed by atoms with Crippen LogP contribution in [0.15, 0.2) is 449 Å². The summed E-state index contributed by atoms with van der Waals surface area (Å²) < 4.78 is 6.98. The van der Waals surface area contributed by atoms with Gasteiger partial charge in [0.2, 0.25) is 0 Å². The Morgan fingerprint density at radius 2 is 0.439 bits per heavy atom. The average molecular weight is 1680 g/mol. The Morgan fingerprint density at radius 3 is 0.864 bits per heavy atom. The van der Waals surface area contributed by atoms with E-state index in [9.17, 15) is 0 Å². The van der Waals surface area contributed by atoms with Crippen LogP contribution in [0.5, 0.6) is 0 Å². The van der Waals surface area contributed by atoms with Crippen molar-refractivity contribution in [2.24, 2.45) is 0 Å². The van der Waals surface area contributed by atoms with E-state index >= 15 is 0 Å². The number of para-hydroxylation sites is 15. The quantitative estimate of drug-likeness (QED) is 0.147. The van der Waals surface area contributed by atoms with E-state index in [2.05, 4.69) is 429 Å². The van der Waals surface area contributed by atoms with E-state index in [1.54, 1.807) is 0 Å². The first-order chi connectivity index (χ1) is 65.5. The summed E-state index contributed by atoms with van der Waals surface area (Å²) in [6.07, 6.45) is 0. The van der Waals surface area contributed by atoms with Crippen molar-refractivity contribution in [1.82, 2.24) is 43.6 Å². The number of anilines is 9. The van der Waals surface area contributed by atoms with Gasteiger partial charge in [0.25, 0.3) is 0 Å². The fourth-order valence-electron chi connectivity index (χ4n) is 21.0. The molecule has 9 heterocycles. The molecule has 0 aliphatic carbocycles. The average Bonchev–Trinajstić information content (AvgIpc) is 1.29. The smallest absolute Gasteiger partial charge is 0.182 e. The summed E-state index contributed by atoms with van der Waals surface area (Å²) in [6.45, 7) is 0. The zero-order valence-corrected chi connectivity index (χ0v) is 71.1. The van der Waals surface area contributed by atoms with Gasteiger partial charge < -0.3 is 9.13 Å². The highest BCUT2D eigenvalue weighted by Gasteiger charge is 2.35. The molecular weight excluding hydrogens is 1610 g/mol. The summed E-state index contributed by atoms with van der Waals surface area (Å²) in [5.41, 5.74) is 32.0. The first kappa shape index (κ1) is 74.3. The molecule has 20 aromatic carbocycles. The zero-order chi connectivity index (χ0) is 86.6. The van der Waals surface area contributed by atoms with Crippen LogP contribution in [0.2, 0.25) is 0 Å². The number of aromatic nitrogens is 9. The second-order valence-corrected chi connectivity index (χ2v) is 33.9. The number of fused-ring (bicyclic) bond motifs is 18. The van der Waals surface area contributed by atoms with Gasteiger partial charge in [0.05, 0.1) is 100 Å². The Labute approximate surface area is 757 Å². The van der Waals surface area contributed by atoms with Crippen molar-refractivity contribution in [2.75, 3.05) is 14.7 Å². The van der Waals surface area contributed by atoms with Crippen molar-refractivity contribution in [3.63, 3.8) is 0 Å². The van der Waals surface area contributed by atoms with Gasteiger partial charge in [-0.15, -0.1) is 0 Å². The van der Waals surface area contributed by atoms with Gasteiger partial charge in [-0.3, -0.25) is 19.3 Å². The monoisotopic (exact) mass is 1680 g/mol. The highest BCUT2D eigenvalue weighted by Crippen LogP contribution is 2.57. The molecule has 0 amide bonds. The Kier molecular flexibility index (Phi) is 16.8. The van der Waals surface area contributed by atoms with Crippen LogP contribution in [0.3, 0.4) is 0 Å². The van der Waals surface area contributed by atoms with E-state index in [1.807, 2.05) is 48.5 Å². The Morgan fingerprint density at radius 1 is 0.159 bits per heavy atom. The molecule has 3 aliphatic heterocycles. The minimum absolute atomic E-state index is 0.805. The molecular formula is C120H74N12. The lowest BCUT2D eigenvalue weighted by atomic mass is 9.91. The van der Waals surface area contributed by atoms with Crippen LogP contribution in [-0.4, -0.2) is 43.6 Å². The third kappa shape index (κ3) is 11.5.